The predicted octanol–water partition coefficient (Wildman–Crippen LogP) is 3.91. The third kappa shape index (κ3) is 5.48. The number of hydrogen-bond donors (Lipinski definition) is 0. The van der Waals surface area contributed by atoms with Gasteiger partial charge in [0.1, 0.15) is 11.8 Å². The third-order valence-corrected chi connectivity index (χ3v) is 5.10. The summed E-state index contributed by atoms with van der Waals surface area (Å²) in [5.41, 5.74) is 0.896. The Balaban J connectivity index is 1.42. The van der Waals surface area contributed by atoms with Crippen molar-refractivity contribution >= 4 is 17.5 Å². The van der Waals surface area contributed by atoms with Crippen LogP contribution in [0.4, 0.5) is 0 Å². The Morgan fingerprint density at radius 1 is 1.11 bits per heavy atom. The van der Waals surface area contributed by atoms with Crippen LogP contribution < -0.4 is 4.74 Å². The second kappa shape index (κ2) is 10.1. The number of rotatable bonds is 7. The first-order chi connectivity index (χ1) is 13.7. The van der Waals surface area contributed by atoms with Crippen LogP contribution >= 0.6 is 11.6 Å². The number of carbonyl (C=O) groups excluding carboxylic acids is 1. The molecular weight excluding hydrogens is 374 g/mol. The van der Waals surface area contributed by atoms with Gasteiger partial charge in [-0.25, -0.2) is 0 Å². The first kappa shape index (κ1) is 20.2. The fraction of sp³-hybridized carbons (Fsp3) is 0.364. The maximum atomic E-state index is 12.4. The van der Waals surface area contributed by atoms with Gasteiger partial charge in [0.15, 0.2) is 0 Å². The molecule has 0 saturated carbocycles. The number of piperazine rings is 1. The summed E-state index contributed by atoms with van der Waals surface area (Å²) in [6, 6.07) is 19.1. The molecule has 0 aromatic heterocycles. The predicted molar refractivity (Wildman–Crippen MR) is 109 cm³/mol. The van der Waals surface area contributed by atoms with Crippen LogP contribution in [0.2, 0.25) is 5.02 Å². The molecular formula is C22H24ClN3O2. The average Bonchev–Trinajstić information content (AvgIpc) is 2.73. The van der Waals surface area contributed by atoms with Crippen molar-refractivity contribution in [1.29, 1.82) is 5.26 Å². The van der Waals surface area contributed by atoms with Gasteiger partial charge in [0.05, 0.1) is 12.7 Å². The molecule has 2 aromatic carbocycles. The Morgan fingerprint density at radius 2 is 1.86 bits per heavy atom. The average molecular weight is 398 g/mol. The molecule has 0 spiro atoms. The molecule has 2 aromatic rings. The lowest BCUT2D eigenvalue weighted by atomic mass is 10.1. The Labute approximate surface area is 171 Å². The Kier molecular flexibility index (Phi) is 7.30. The van der Waals surface area contributed by atoms with Crippen LogP contribution in [-0.4, -0.2) is 48.5 Å². The summed E-state index contributed by atoms with van der Waals surface area (Å²) in [4.78, 5) is 16.4. The number of benzene rings is 2. The molecule has 0 bridgehead atoms. The largest absolute Gasteiger partial charge is 0.494 e. The van der Waals surface area contributed by atoms with Gasteiger partial charge in [-0.05, 0) is 36.2 Å². The summed E-state index contributed by atoms with van der Waals surface area (Å²) in [5.74, 6) is 0.972. The molecule has 1 amide bonds. The standard InChI is InChI=1S/C22H24ClN3O2/c23-19-7-4-6-18(16-19)21(17-24)25-11-13-26(14-12-25)22(27)10-5-15-28-20-8-2-1-3-9-20/h1-4,6-9,16,21H,5,10-15H2. The number of nitriles is 1. The van der Waals surface area contributed by atoms with Crippen LogP contribution in [0.1, 0.15) is 24.4 Å². The zero-order valence-electron chi connectivity index (χ0n) is 15.8. The van der Waals surface area contributed by atoms with Crippen molar-refractivity contribution in [2.75, 3.05) is 32.8 Å². The highest BCUT2D eigenvalue weighted by atomic mass is 35.5. The minimum atomic E-state index is -0.338. The van der Waals surface area contributed by atoms with Gasteiger partial charge in [-0.15, -0.1) is 0 Å². The summed E-state index contributed by atoms with van der Waals surface area (Å²) in [6.07, 6.45) is 1.17. The quantitative estimate of drug-likeness (QED) is 0.665. The zero-order chi connectivity index (χ0) is 19.8. The zero-order valence-corrected chi connectivity index (χ0v) is 16.5. The van der Waals surface area contributed by atoms with E-state index in [1.807, 2.05) is 53.4 Å². The topological polar surface area (TPSA) is 56.6 Å². The number of halogens is 1. The van der Waals surface area contributed by atoms with Crippen molar-refractivity contribution in [2.24, 2.45) is 0 Å². The Morgan fingerprint density at radius 3 is 2.54 bits per heavy atom. The van der Waals surface area contributed by atoms with Crippen molar-refractivity contribution in [3.63, 3.8) is 0 Å². The molecule has 28 heavy (non-hydrogen) atoms. The number of carbonyl (C=O) groups is 1. The summed E-state index contributed by atoms with van der Waals surface area (Å²) >= 11 is 6.06. The van der Waals surface area contributed by atoms with Crippen LogP contribution in [0.15, 0.2) is 54.6 Å². The lowest BCUT2D eigenvalue weighted by Gasteiger charge is -2.37. The van der Waals surface area contributed by atoms with Crippen LogP contribution in [0, 0.1) is 11.3 Å². The van der Waals surface area contributed by atoms with Gasteiger partial charge < -0.3 is 9.64 Å². The molecule has 3 rings (SSSR count). The van der Waals surface area contributed by atoms with Gasteiger partial charge in [-0.2, -0.15) is 5.26 Å². The van der Waals surface area contributed by atoms with Gasteiger partial charge in [0.25, 0.3) is 0 Å². The van der Waals surface area contributed by atoms with Crippen molar-refractivity contribution < 1.29 is 9.53 Å². The lowest BCUT2D eigenvalue weighted by Crippen LogP contribution is -2.49. The molecule has 5 nitrogen and oxygen atoms in total. The van der Waals surface area contributed by atoms with E-state index < -0.39 is 0 Å². The van der Waals surface area contributed by atoms with Gasteiger partial charge in [-0.3, -0.25) is 9.69 Å². The van der Waals surface area contributed by atoms with Crippen molar-refractivity contribution in [3.8, 4) is 11.8 Å². The highest BCUT2D eigenvalue weighted by Crippen LogP contribution is 2.24. The fourth-order valence-electron chi connectivity index (χ4n) is 3.36. The van der Waals surface area contributed by atoms with Gasteiger partial charge in [0, 0.05) is 37.6 Å². The second-order valence-electron chi connectivity index (χ2n) is 6.77. The van der Waals surface area contributed by atoms with E-state index in [1.54, 1.807) is 6.07 Å². The molecule has 1 heterocycles. The number of ether oxygens (including phenoxy) is 1. The minimum absolute atomic E-state index is 0.146. The van der Waals surface area contributed by atoms with E-state index >= 15 is 0 Å². The molecule has 1 atom stereocenters. The SMILES string of the molecule is N#CC(c1cccc(Cl)c1)N1CCN(C(=O)CCCOc2ccccc2)CC1. The van der Waals surface area contributed by atoms with Crippen LogP contribution in [0.25, 0.3) is 0 Å². The molecule has 0 aliphatic carbocycles. The van der Waals surface area contributed by atoms with Crippen LogP contribution in [-0.2, 0) is 4.79 Å². The van der Waals surface area contributed by atoms with Crippen molar-refractivity contribution in [1.82, 2.24) is 9.80 Å². The molecule has 1 aliphatic rings. The molecule has 1 fully saturated rings. The lowest BCUT2D eigenvalue weighted by molar-refractivity contribution is -0.133. The maximum Gasteiger partial charge on any atom is 0.222 e. The highest BCUT2D eigenvalue weighted by Gasteiger charge is 2.26. The summed E-state index contributed by atoms with van der Waals surface area (Å²) in [6.45, 7) is 3.16. The normalized spacial score (nSPS) is 15.6. The molecule has 1 saturated heterocycles. The third-order valence-electron chi connectivity index (χ3n) is 4.87. The number of nitrogens with zero attached hydrogens (tertiary/aromatic N) is 3. The van der Waals surface area contributed by atoms with E-state index in [9.17, 15) is 10.1 Å². The molecule has 1 aliphatic heterocycles. The maximum absolute atomic E-state index is 12.4. The van der Waals surface area contributed by atoms with E-state index in [4.69, 9.17) is 16.3 Å². The van der Waals surface area contributed by atoms with E-state index in [1.165, 1.54) is 0 Å². The van der Waals surface area contributed by atoms with E-state index in [0.29, 0.717) is 50.7 Å². The second-order valence-corrected chi connectivity index (χ2v) is 7.20. The van der Waals surface area contributed by atoms with Crippen molar-refractivity contribution in [2.45, 2.75) is 18.9 Å². The van der Waals surface area contributed by atoms with E-state index in [2.05, 4.69) is 11.0 Å². The van der Waals surface area contributed by atoms with Gasteiger partial charge in [-0.1, -0.05) is 41.9 Å². The first-order valence-corrected chi connectivity index (χ1v) is 9.90. The van der Waals surface area contributed by atoms with Crippen LogP contribution in [0.3, 0.4) is 0 Å². The van der Waals surface area contributed by atoms with E-state index in [0.717, 1.165) is 11.3 Å². The smallest absolute Gasteiger partial charge is 0.222 e. The van der Waals surface area contributed by atoms with Crippen molar-refractivity contribution in [3.05, 3.63) is 65.2 Å². The first-order valence-electron chi connectivity index (χ1n) is 9.52. The number of amides is 1. The molecule has 0 N–H and O–H groups in total. The minimum Gasteiger partial charge on any atom is -0.494 e. The molecule has 146 valence electrons. The van der Waals surface area contributed by atoms with Crippen LogP contribution in [0.5, 0.6) is 5.75 Å². The summed E-state index contributed by atoms with van der Waals surface area (Å²) < 4.78 is 5.64. The Bertz CT molecular complexity index is 814. The molecule has 0 radical (unpaired) electrons. The summed E-state index contributed by atoms with van der Waals surface area (Å²) in [5, 5.41) is 10.2. The summed E-state index contributed by atoms with van der Waals surface area (Å²) in [7, 11) is 0. The van der Waals surface area contributed by atoms with E-state index in [-0.39, 0.29) is 11.9 Å². The van der Waals surface area contributed by atoms with Gasteiger partial charge in [0.2, 0.25) is 5.91 Å². The van der Waals surface area contributed by atoms with Gasteiger partial charge >= 0.3 is 0 Å². The fourth-order valence-corrected chi connectivity index (χ4v) is 3.56. The number of hydrogen-bond acceptors (Lipinski definition) is 4. The monoisotopic (exact) mass is 397 g/mol. The molecule has 6 heteroatoms. The number of para-hydroxylation sites is 1. The highest BCUT2D eigenvalue weighted by molar-refractivity contribution is 6.30. The molecule has 1 unspecified atom stereocenters. The Hall–Kier alpha value is -2.55.